The van der Waals surface area contributed by atoms with Gasteiger partial charge in [-0.1, -0.05) is 6.42 Å². The molecule has 128 valence electrons. The van der Waals surface area contributed by atoms with Crippen LogP contribution in [0.1, 0.15) is 26.2 Å². The van der Waals surface area contributed by atoms with Gasteiger partial charge in [0.2, 0.25) is 0 Å². The summed E-state index contributed by atoms with van der Waals surface area (Å²) in [4.78, 5) is 13.2. The molecule has 0 bridgehead atoms. The zero-order valence-corrected chi connectivity index (χ0v) is 13.0. The third-order valence-corrected chi connectivity index (χ3v) is 3.96. The molecule has 4 nitrogen and oxygen atoms in total. The van der Waals surface area contributed by atoms with Crippen LogP contribution in [0.5, 0.6) is 5.75 Å². The lowest BCUT2D eigenvalue weighted by Crippen LogP contribution is -2.39. The van der Waals surface area contributed by atoms with Gasteiger partial charge < -0.3 is 10.1 Å². The van der Waals surface area contributed by atoms with E-state index in [2.05, 4.69) is 11.8 Å². The largest absolute Gasteiger partial charge is 0.492 e. The number of hydrogen-bond acceptors (Lipinski definition) is 3. The maximum atomic E-state index is 12.1. The first-order chi connectivity index (χ1) is 10.9. The lowest BCUT2D eigenvalue weighted by Gasteiger charge is -2.33. The van der Waals surface area contributed by atoms with Crippen molar-refractivity contribution in [1.29, 1.82) is 0 Å². The van der Waals surface area contributed by atoms with Crippen LogP contribution in [-0.2, 0) is 4.79 Å². The number of anilines is 1. The van der Waals surface area contributed by atoms with Crippen molar-refractivity contribution in [3.05, 3.63) is 24.3 Å². The molecule has 1 unspecified atom stereocenters. The second kappa shape index (κ2) is 7.68. The molecule has 0 aliphatic carbocycles. The standard InChI is InChI=1S/C16H21F3N2O2/c1-12-4-2-3-9-21(12)10-11-23-14-7-5-13(6-8-14)20-15(22)16(17,18)19/h5-8,12H,2-4,9-11H2,1H3,(H,20,22). The van der Waals surface area contributed by atoms with E-state index in [1.54, 1.807) is 17.4 Å². The molecule has 1 aromatic carbocycles. The number of carbonyl (C=O) groups excluding carboxylic acids is 1. The number of piperidine rings is 1. The van der Waals surface area contributed by atoms with Crippen LogP contribution in [0.4, 0.5) is 18.9 Å². The van der Waals surface area contributed by atoms with Crippen LogP contribution in [0.25, 0.3) is 0 Å². The number of nitrogens with zero attached hydrogens (tertiary/aromatic N) is 1. The summed E-state index contributed by atoms with van der Waals surface area (Å²) in [6.07, 6.45) is -1.21. The lowest BCUT2D eigenvalue weighted by molar-refractivity contribution is -0.167. The van der Waals surface area contributed by atoms with Crippen LogP contribution < -0.4 is 10.1 Å². The molecule has 1 fully saturated rings. The van der Waals surface area contributed by atoms with E-state index in [-0.39, 0.29) is 5.69 Å². The average Bonchev–Trinajstić information content (AvgIpc) is 2.50. The fourth-order valence-corrected chi connectivity index (χ4v) is 2.61. The maximum Gasteiger partial charge on any atom is 0.471 e. The SMILES string of the molecule is CC1CCCCN1CCOc1ccc(NC(=O)C(F)(F)F)cc1. The number of likely N-dealkylation sites (tertiary alicyclic amines) is 1. The van der Waals surface area contributed by atoms with Crippen LogP contribution in [-0.4, -0.2) is 42.7 Å². The third-order valence-electron chi connectivity index (χ3n) is 3.96. The summed E-state index contributed by atoms with van der Waals surface area (Å²) < 4.78 is 42.1. The molecule has 0 aromatic heterocycles. The van der Waals surface area contributed by atoms with Crippen LogP contribution in [0.3, 0.4) is 0 Å². The zero-order chi connectivity index (χ0) is 16.9. The number of alkyl halides is 3. The molecule has 2 rings (SSSR count). The molecular weight excluding hydrogens is 309 g/mol. The van der Waals surface area contributed by atoms with Crippen LogP contribution in [0.15, 0.2) is 24.3 Å². The molecule has 0 saturated carbocycles. The molecule has 1 aromatic rings. The van der Waals surface area contributed by atoms with Gasteiger partial charge in [-0.2, -0.15) is 13.2 Å². The van der Waals surface area contributed by atoms with E-state index in [0.29, 0.717) is 18.4 Å². The van der Waals surface area contributed by atoms with Gasteiger partial charge in [0.15, 0.2) is 0 Å². The summed E-state index contributed by atoms with van der Waals surface area (Å²) in [5, 5.41) is 1.79. The van der Waals surface area contributed by atoms with Crippen LogP contribution >= 0.6 is 0 Å². The first-order valence-corrected chi connectivity index (χ1v) is 7.71. The number of hydrogen-bond donors (Lipinski definition) is 1. The summed E-state index contributed by atoms with van der Waals surface area (Å²) in [5.74, 6) is -1.41. The summed E-state index contributed by atoms with van der Waals surface area (Å²) in [6, 6.07) is 6.44. The van der Waals surface area contributed by atoms with Gasteiger partial charge in [0.25, 0.3) is 0 Å². The highest BCUT2D eigenvalue weighted by Crippen LogP contribution is 2.21. The van der Waals surface area contributed by atoms with E-state index < -0.39 is 12.1 Å². The quantitative estimate of drug-likeness (QED) is 0.899. The number of amides is 1. The topological polar surface area (TPSA) is 41.6 Å². The highest BCUT2D eigenvalue weighted by Gasteiger charge is 2.38. The number of benzene rings is 1. The molecule has 1 N–H and O–H groups in total. The molecular formula is C16H21F3N2O2. The van der Waals surface area contributed by atoms with E-state index in [1.165, 1.54) is 31.4 Å². The number of nitrogens with one attached hydrogen (secondary N) is 1. The molecule has 1 aliphatic rings. The van der Waals surface area contributed by atoms with Crippen molar-refractivity contribution in [2.24, 2.45) is 0 Å². The van der Waals surface area contributed by atoms with Crippen molar-refractivity contribution in [2.45, 2.75) is 38.4 Å². The summed E-state index contributed by atoms with van der Waals surface area (Å²) in [5.41, 5.74) is 0.0873. The number of rotatable bonds is 5. The summed E-state index contributed by atoms with van der Waals surface area (Å²) in [6.45, 7) is 4.64. The summed E-state index contributed by atoms with van der Waals surface area (Å²) >= 11 is 0. The van der Waals surface area contributed by atoms with Gasteiger partial charge in [-0.3, -0.25) is 9.69 Å². The van der Waals surface area contributed by atoms with Gasteiger partial charge in [-0.15, -0.1) is 0 Å². The van der Waals surface area contributed by atoms with E-state index in [1.807, 2.05) is 0 Å². The summed E-state index contributed by atoms with van der Waals surface area (Å²) in [7, 11) is 0. The van der Waals surface area contributed by atoms with Gasteiger partial charge in [0, 0.05) is 18.3 Å². The number of ether oxygens (including phenoxy) is 1. The second-order valence-electron chi connectivity index (χ2n) is 5.71. The molecule has 1 atom stereocenters. The van der Waals surface area contributed by atoms with Crippen LogP contribution in [0.2, 0.25) is 0 Å². The van der Waals surface area contributed by atoms with Gasteiger partial charge >= 0.3 is 12.1 Å². The Balaban J connectivity index is 1.77. The Morgan fingerprint density at radius 1 is 1.30 bits per heavy atom. The van der Waals surface area contributed by atoms with E-state index in [0.717, 1.165) is 13.1 Å². The van der Waals surface area contributed by atoms with Crippen molar-refractivity contribution in [3.63, 3.8) is 0 Å². The van der Waals surface area contributed by atoms with E-state index in [9.17, 15) is 18.0 Å². The minimum Gasteiger partial charge on any atom is -0.492 e. The molecule has 1 aliphatic heterocycles. The molecule has 0 spiro atoms. The Bertz CT molecular complexity index is 517. The van der Waals surface area contributed by atoms with E-state index >= 15 is 0 Å². The van der Waals surface area contributed by atoms with Crippen molar-refractivity contribution in [1.82, 2.24) is 4.90 Å². The van der Waals surface area contributed by atoms with Crippen LogP contribution in [0, 0.1) is 0 Å². The molecule has 1 saturated heterocycles. The van der Waals surface area contributed by atoms with Gasteiger partial charge in [0.1, 0.15) is 12.4 Å². The highest BCUT2D eigenvalue weighted by molar-refractivity contribution is 5.94. The number of halogens is 3. The fourth-order valence-electron chi connectivity index (χ4n) is 2.61. The monoisotopic (exact) mass is 330 g/mol. The Labute approximate surface area is 133 Å². The molecule has 1 heterocycles. The Kier molecular flexibility index (Phi) is 5.87. The molecule has 1 amide bonds. The normalized spacial score (nSPS) is 19.4. The van der Waals surface area contributed by atoms with Crippen molar-refractivity contribution >= 4 is 11.6 Å². The predicted molar refractivity (Wildman–Crippen MR) is 81.5 cm³/mol. The zero-order valence-electron chi connectivity index (χ0n) is 13.0. The first kappa shape index (κ1) is 17.6. The van der Waals surface area contributed by atoms with Crippen molar-refractivity contribution in [2.75, 3.05) is 25.0 Å². The van der Waals surface area contributed by atoms with Crippen molar-refractivity contribution < 1.29 is 22.7 Å². The minimum atomic E-state index is -4.89. The lowest BCUT2D eigenvalue weighted by atomic mass is 10.0. The smallest absolute Gasteiger partial charge is 0.471 e. The molecule has 23 heavy (non-hydrogen) atoms. The Hall–Kier alpha value is -1.76. The molecule has 0 radical (unpaired) electrons. The van der Waals surface area contributed by atoms with Crippen molar-refractivity contribution in [3.8, 4) is 5.75 Å². The fraction of sp³-hybridized carbons (Fsp3) is 0.562. The number of carbonyl (C=O) groups is 1. The Morgan fingerprint density at radius 3 is 2.61 bits per heavy atom. The second-order valence-corrected chi connectivity index (χ2v) is 5.71. The predicted octanol–water partition coefficient (Wildman–Crippen LogP) is 3.44. The van der Waals surface area contributed by atoms with E-state index in [4.69, 9.17) is 4.74 Å². The van der Waals surface area contributed by atoms with Gasteiger partial charge in [-0.05, 0) is 50.6 Å². The minimum absolute atomic E-state index is 0.0873. The maximum absolute atomic E-state index is 12.1. The first-order valence-electron chi connectivity index (χ1n) is 7.71. The van der Waals surface area contributed by atoms with Gasteiger partial charge in [0.05, 0.1) is 0 Å². The highest BCUT2D eigenvalue weighted by atomic mass is 19.4. The third kappa shape index (κ3) is 5.42. The average molecular weight is 330 g/mol. The Morgan fingerprint density at radius 2 is 2.00 bits per heavy atom. The van der Waals surface area contributed by atoms with Gasteiger partial charge in [-0.25, -0.2) is 0 Å². The molecule has 7 heteroatoms.